The molecule has 3 heterocycles. The van der Waals surface area contributed by atoms with Crippen molar-refractivity contribution in [1.29, 1.82) is 0 Å². The molecule has 10 heteroatoms. The summed E-state index contributed by atoms with van der Waals surface area (Å²) in [4.78, 5) is 27.9. The van der Waals surface area contributed by atoms with Crippen molar-refractivity contribution in [3.05, 3.63) is 42.6 Å². The van der Waals surface area contributed by atoms with Crippen molar-refractivity contribution in [2.24, 2.45) is 0 Å². The topological polar surface area (TPSA) is 115 Å². The normalized spacial score (nSPS) is 18.8. The number of aromatic nitrogens is 3. The zero-order valence-corrected chi connectivity index (χ0v) is 22.3. The lowest BCUT2D eigenvalue weighted by Crippen LogP contribution is -2.52. The number of carbonyl (C=O) groups is 1. The molecular formula is C28H37FN6O3. The van der Waals surface area contributed by atoms with E-state index in [4.69, 9.17) is 15.2 Å². The Morgan fingerprint density at radius 3 is 2.79 bits per heavy atom. The number of hydrogen-bond acceptors (Lipinski definition) is 8. The number of alkyl halides is 1. The van der Waals surface area contributed by atoms with Crippen molar-refractivity contribution in [3.63, 3.8) is 0 Å². The number of likely N-dealkylation sites (N-methyl/N-ethyl adjacent to an activating group) is 1. The maximum atomic E-state index is 15.0. The average molecular weight is 525 g/mol. The number of hydrogen-bond donors (Lipinski definition) is 2. The zero-order chi connectivity index (χ0) is 27.1. The van der Waals surface area contributed by atoms with Crippen molar-refractivity contribution in [2.45, 2.75) is 64.4 Å². The highest BCUT2D eigenvalue weighted by Crippen LogP contribution is 2.37. The lowest BCUT2D eigenvalue weighted by Gasteiger charge is -2.36. The van der Waals surface area contributed by atoms with Gasteiger partial charge in [0.05, 0.1) is 30.0 Å². The minimum atomic E-state index is -1.41. The number of nitrogens with one attached hydrogen (secondary N) is 1. The van der Waals surface area contributed by atoms with Gasteiger partial charge in [-0.25, -0.2) is 14.4 Å². The molecule has 2 unspecified atom stereocenters. The first kappa shape index (κ1) is 27.7. The fourth-order valence-corrected chi connectivity index (χ4v) is 4.65. The summed E-state index contributed by atoms with van der Waals surface area (Å²) >= 11 is 0. The second-order valence-corrected chi connectivity index (χ2v) is 9.83. The van der Waals surface area contributed by atoms with Crippen LogP contribution >= 0.6 is 0 Å². The fourth-order valence-electron chi connectivity index (χ4n) is 4.65. The summed E-state index contributed by atoms with van der Waals surface area (Å²) in [5.41, 5.74) is 8.55. The second kappa shape index (κ2) is 12.9. The Morgan fingerprint density at radius 2 is 2.03 bits per heavy atom. The molecule has 9 nitrogen and oxygen atoms in total. The van der Waals surface area contributed by atoms with Crippen LogP contribution in [0, 0.1) is 0 Å². The Kier molecular flexibility index (Phi) is 9.41. The summed E-state index contributed by atoms with van der Waals surface area (Å²) < 4.78 is 26.5. The zero-order valence-electron chi connectivity index (χ0n) is 22.3. The molecule has 1 aliphatic heterocycles. The van der Waals surface area contributed by atoms with Gasteiger partial charge in [-0.1, -0.05) is 6.92 Å². The molecule has 3 N–H and O–H groups in total. The first-order chi connectivity index (χ1) is 18.4. The highest BCUT2D eigenvalue weighted by atomic mass is 19.1. The molecule has 1 aromatic carbocycles. The van der Waals surface area contributed by atoms with Crippen molar-refractivity contribution < 1.29 is 18.7 Å². The Balaban J connectivity index is 1.47. The molecule has 0 bridgehead atoms. The molecular weight excluding hydrogens is 487 g/mol. The molecule has 38 heavy (non-hydrogen) atoms. The number of carbonyl (C=O) groups excluding carboxylic acids is 1. The maximum Gasteiger partial charge on any atom is 0.237 e. The SMILES string of the molecule is CCCOCc1ncc(-c2ccc3ncc(N)cc3c2OCC(F)CNC(=O)[C@@H]2CCCC(C)N2C)cn1. The number of anilines is 1. The van der Waals surface area contributed by atoms with Crippen LogP contribution in [-0.2, 0) is 16.1 Å². The Morgan fingerprint density at radius 1 is 1.24 bits per heavy atom. The van der Waals surface area contributed by atoms with Gasteiger partial charge < -0.3 is 20.5 Å². The van der Waals surface area contributed by atoms with Gasteiger partial charge in [-0.05, 0) is 57.9 Å². The number of likely N-dealkylation sites (tertiary alicyclic amines) is 1. The van der Waals surface area contributed by atoms with Gasteiger partial charge >= 0.3 is 0 Å². The number of amides is 1. The van der Waals surface area contributed by atoms with Crippen LogP contribution in [0.4, 0.5) is 10.1 Å². The van der Waals surface area contributed by atoms with E-state index in [0.29, 0.717) is 58.5 Å². The number of nitrogen functional groups attached to an aromatic ring is 1. The highest BCUT2D eigenvalue weighted by molar-refractivity contribution is 5.94. The van der Waals surface area contributed by atoms with Gasteiger partial charge in [0.2, 0.25) is 5.91 Å². The summed E-state index contributed by atoms with van der Waals surface area (Å²) in [6, 6.07) is 5.55. The molecule has 204 valence electrons. The molecule has 0 saturated carbocycles. The molecule has 0 radical (unpaired) electrons. The number of halogens is 1. The van der Waals surface area contributed by atoms with Crippen LogP contribution in [0.3, 0.4) is 0 Å². The van der Waals surface area contributed by atoms with Gasteiger partial charge in [0.15, 0.2) is 12.0 Å². The van der Waals surface area contributed by atoms with Crippen LogP contribution in [-0.4, -0.2) is 70.8 Å². The van der Waals surface area contributed by atoms with Crippen molar-refractivity contribution >= 4 is 22.5 Å². The van der Waals surface area contributed by atoms with Crippen molar-refractivity contribution in [2.75, 3.05) is 32.5 Å². The Hall–Kier alpha value is -3.37. The molecule has 3 aromatic rings. The predicted octanol–water partition coefficient (Wildman–Crippen LogP) is 3.91. The quantitative estimate of drug-likeness (QED) is 0.363. The number of rotatable bonds is 11. The van der Waals surface area contributed by atoms with E-state index in [0.717, 1.165) is 25.7 Å². The smallest absolute Gasteiger partial charge is 0.237 e. The van der Waals surface area contributed by atoms with Crippen molar-refractivity contribution in [3.8, 4) is 16.9 Å². The third kappa shape index (κ3) is 6.73. The van der Waals surface area contributed by atoms with Gasteiger partial charge in [0.1, 0.15) is 19.0 Å². The van der Waals surface area contributed by atoms with Gasteiger partial charge in [0, 0.05) is 41.6 Å². The summed E-state index contributed by atoms with van der Waals surface area (Å²) in [7, 11) is 1.94. The van der Waals surface area contributed by atoms with Crippen LogP contribution in [0.15, 0.2) is 36.8 Å². The first-order valence-electron chi connectivity index (χ1n) is 13.2. The van der Waals surface area contributed by atoms with Crippen LogP contribution in [0.5, 0.6) is 5.75 Å². The molecule has 1 fully saturated rings. The molecule has 2 aromatic heterocycles. The van der Waals surface area contributed by atoms with Crippen LogP contribution < -0.4 is 15.8 Å². The Labute approximate surface area is 223 Å². The largest absolute Gasteiger partial charge is 0.489 e. The lowest BCUT2D eigenvalue weighted by atomic mass is 9.97. The van der Waals surface area contributed by atoms with Crippen LogP contribution in [0.25, 0.3) is 22.0 Å². The third-order valence-corrected chi connectivity index (χ3v) is 6.93. The molecule has 0 aliphatic carbocycles. The van der Waals surface area contributed by atoms with Crippen LogP contribution in [0.1, 0.15) is 45.4 Å². The lowest BCUT2D eigenvalue weighted by molar-refractivity contribution is -0.128. The highest BCUT2D eigenvalue weighted by Gasteiger charge is 2.30. The van der Waals surface area contributed by atoms with Crippen molar-refractivity contribution in [1.82, 2.24) is 25.2 Å². The summed E-state index contributed by atoms with van der Waals surface area (Å²) in [5.74, 6) is 0.870. The van der Waals surface area contributed by atoms with E-state index in [1.54, 1.807) is 24.7 Å². The summed E-state index contributed by atoms with van der Waals surface area (Å²) in [6.07, 6.45) is 7.30. The van der Waals surface area contributed by atoms with Gasteiger partial charge in [-0.15, -0.1) is 0 Å². The van der Waals surface area contributed by atoms with E-state index in [1.807, 2.05) is 26.1 Å². The van der Waals surface area contributed by atoms with Gasteiger partial charge in [-0.3, -0.25) is 14.7 Å². The summed E-state index contributed by atoms with van der Waals surface area (Å²) in [6.45, 7) is 4.74. The average Bonchev–Trinajstić information content (AvgIpc) is 2.92. The number of pyridine rings is 1. The number of ether oxygens (including phenoxy) is 2. The van der Waals surface area contributed by atoms with E-state index in [2.05, 4.69) is 32.1 Å². The van der Waals surface area contributed by atoms with E-state index >= 15 is 0 Å². The fraction of sp³-hybridized carbons (Fsp3) is 0.500. The van der Waals surface area contributed by atoms with E-state index < -0.39 is 6.17 Å². The molecule has 4 rings (SSSR count). The molecule has 1 amide bonds. The van der Waals surface area contributed by atoms with E-state index in [1.165, 1.54) is 0 Å². The monoisotopic (exact) mass is 524 g/mol. The minimum absolute atomic E-state index is 0.131. The van der Waals surface area contributed by atoms with Gasteiger partial charge in [0.25, 0.3) is 0 Å². The number of nitrogens with zero attached hydrogens (tertiary/aromatic N) is 4. The molecule has 1 aliphatic rings. The second-order valence-electron chi connectivity index (χ2n) is 9.83. The predicted molar refractivity (Wildman–Crippen MR) is 145 cm³/mol. The maximum absolute atomic E-state index is 15.0. The molecule has 1 saturated heterocycles. The minimum Gasteiger partial charge on any atom is -0.489 e. The number of benzene rings is 1. The summed E-state index contributed by atoms with van der Waals surface area (Å²) in [5, 5.41) is 3.42. The number of nitrogens with two attached hydrogens (primary N) is 1. The van der Waals surface area contributed by atoms with Gasteiger partial charge in [-0.2, -0.15) is 0 Å². The number of fused-ring (bicyclic) bond motifs is 1. The number of piperidine rings is 1. The Bertz CT molecular complexity index is 1230. The first-order valence-corrected chi connectivity index (χ1v) is 13.2. The third-order valence-electron chi connectivity index (χ3n) is 6.93. The molecule has 0 spiro atoms. The van der Waals surface area contributed by atoms with Crippen LogP contribution in [0.2, 0.25) is 0 Å². The standard InChI is InChI=1S/C28H37FN6O3/c1-4-10-37-17-26-32-12-19(13-33-26)22-8-9-24-23(11-21(30)15-31-24)27(22)38-16-20(29)14-34-28(36)25-7-5-6-18(2)35(25)3/h8-9,11-13,15,18,20,25H,4-7,10,14,16-17,30H2,1-3H3,(H,34,36)/t18?,20?,25-/m0/s1. The van der Waals surface area contributed by atoms with E-state index in [9.17, 15) is 9.18 Å². The molecule has 3 atom stereocenters. The van der Waals surface area contributed by atoms with E-state index in [-0.39, 0.29) is 25.1 Å².